The summed E-state index contributed by atoms with van der Waals surface area (Å²) < 4.78 is 37.7. The van der Waals surface area contributed by atoms with Crippen molar-refractivity contribution in [3.63, 3.8) is 0 Å². The van der Waals surface area contributed by atoms with E-state index in [9.17, 15) is 22.8 Å². The maximum Gasteiger partial charge on any atom is 0.490 e. The number of carboxylic acids is 1. The summed E-state index contributed by atoms with van der Waals surface area (Å²) in [6.45, 7) is 2.36. The number of aromatic nitrogens is 1. The SMILES string of the molecule is Cc1cc(COc2ccc(C(=O)NC(CC(=O)NO)C3CCCC3)cc2)c2ccccc2n1.O=C(O)C(F)(F)F. The Morgan fingerprint density at radius 2 is 1.70 bits per heavy atom. The van der Waals surface area contributed by atoms with Crippen molar-refractivity contribution in [1.29, 1.82) is 0 Å². The number of alkyl halides is 3. The number of hydrogen-bond donors (Lipinski definition) is 4. The van der Waals surface area contributed by atoms with Crippen LogP contribution in [0.5, 0.6) is 5.75 Å². The zero-order valence-electron chi connectivity index (χ0n) is 21.7. The van der Waals surface area contributed by atoms with Crippen LogP contribution >= 0.6 is 0 Å². The third-order valence-corrected chi connectivity index (χ3v) is 6.50. The highest BCUT2D eigenvalue weighted by atomic mass is 19.4. The third-order valence-electron chi connectivity index (χ3n) is 6.50. The number of fused-ring (bicyclic) bond motifs is 1. The van der Waals surface area contributed by atoms with E-state index in [1.54, 1.807) is 29.7 Å². The van der Waals surface area contributed by atoms with Crippen molar-refractivity contribution < 1.29 is 42.6 Å². The molecule has 214 valence electrons. The lowest BCUT2D eigenvalue weighted by molar-refractivity contribution is -0.192. The maximum absolute atomic E-state index is 12.8. The van der Waals surface area contributed by atoms with Gasteiger partial charge in [0.2, 0.25) is 5.91 Å². The van der Waals surface area contributed by atoms with Gasteiger partial charge < -0.3 is 15.2 Å². The zero-order valence-corrected chi connectivity index (χ0v) is 21.7. The number of para-hydroxylation sites is 1. The monoisotopic (exact) mass is 561 g/mol. The molecular weight excluding hydrogens is 531 g/mol. The number of ether oxygens (including phenoxy) is 1. The molecule has 3 aromatic rings. The molecule has 4 rings (SSSR count). The summed E-state index contributed by atoms with van der Waals surface area (Å²) in [5.41, 5.74) is 5.10. The minimum absolute atomic E-state index is 0.0629. The number of carbonyl (C=O) groups excluding carboxylic acids is 2. The van der Waals surface area contributed by atoms with Crippen molar-refractivity contribution in [2.45, 2.75) is 57.9 Å². The number of amides is 2. The second-order valence-corrected chi connectivity index (χ2v) is 9.42. The maximum atomic E-state index is 12.8. The van der Waals surface area contributed by atoms with E-state index in [0.717, 1.165) is 47.8 Å². The molecule has 0 spiro atoms. The van der Waals surface area contributed by atoms with Gasteiger partial charge in [0, 0.05) is 34.7 Å². The molecule has 0 radical (unpaired) electrons. The van der Waals surface area contributed by atoms with Gasteiger partial charge in [-0.1, -0.05) is 31.0 Å². The Balaban J connectivity index is 0.000000559. The molecule has 9 nitrogen and oxygen atoms in total. The topological polar surface area (TPSA) is 138 Å². The van der Waals surface area contributed by atoms with E-state index in [2.05, 4.69) is 10.3 Å². The lowest BCUT2D eigenvalue weighted by Gasteiger charge is -2.24. The normalized spacial score (nSPS) is 14.1. The molecule has 1 heterocycles. The molecular formula is C28H30F3N3O6. The van der Waals surface area contributed by atoms with Gasteiger partial charge in [-0.15, -0.1) is 0 Å². The fourth-order valence-electron chi connectivity index (χ4n) is 4.57. The first-order valence-corrected chi connectivity index (χ1v) is 12.6. The zero-order chi connectivity index (χ0) is 29.3. The number of halogens is 3. The van der Waals surface area contributed by atoms with Crippen molar-refractivity contribution in [3.8, 4) is 5.75 Å². The van der Waals surface area contributed by atoms with Crippen molar-refractivity contribution in [1.82, 2.24) is 15.8 Å². The molecule has 1 aromatic heterocycles. The second-order valence-electron chi connectivity index (χ2n) is 9.42. The molecule has 2 aromatic carbocycles. The van der Waals surface area contributed by atoms with Gasteiger partial charge >= 0.3 is 12.1 Å². The fraction of sp³-hybridized carbons (Fsp3) is 0.357. The Kier molecular flexibility index (Phi) is 10.4. The number of rotatable bonds is 8. The lowest BCUT2D eigenvalue weighted by Crippen LogP contribution is -2.42. The van der Waals surface area contributed by atoms with Gasteiger partial charge in [0.25, 0.3) is 5.91 Å². The highest BCUT2D eigenvalue weighted by Crippen LogP contribution is 2.29. The highest BCUT2D eigenvalue weighted by molar-refractivity contribution is 5.94. The number of benzene rings is 2. The first-order chi connectivity index (χ1) is 19.0. The number of hydroxylamine groups is 1. The molecule has 12 heteroatoms. The number of pyridine rings is 1. The minimum Gasteiger partial charge on any atom is -0.489 e. The summed E-state index contributed by atoms with van der Waals surface area (Å²) in [4.78, 5) is 38.0. The van der Waals surface area contributed by atoms with Gasteiger partial charge in [0.05, 0.1) is 5.52 Å². The Bertz CT molecular complexity index is 1330. The van der Waals surface area contributed by atoms with E-state index in [1.165, 1.54) is 0 Å². The van der Waals surface area contributed by atoms with Gasteiger partial charge in [0.1, 0.15) is 12.4 Å². The summed E-state index contributed by atoms with van der Waals surface area (Å²) in [5.74, 6) is -2.58. The predicted octanol–water partition coefficient (Wildman–Crippen LogP) is 4.94. The van der Waals surface area contributed by atoms with Crippen LogP contribution in [0.4, 0.5) is 13.2 Å². The van der Waals surface area contributed by atoms with Crippen molar-refractivity contribution in [3.05, 3.63) is 71.4 Å². The van der Waals surface area contributed by atoms with Crippen molar-refractivity contribution >= 4 is 28.7 Å². The van der Waals surface area contributed by atoms with E-state index in [-0.39, 0.29) is 24.3 Å². The average molecular weight is 562 g/mol. The summed E-state index contributed by atoms with van der Waals surface area (Å²) in [6.07, 6.45) is -0.890. The molecule has 2 amide bonds. The van der Waals surface area contributed by atoms with Crippen LogP contribution in [0.3, 0.4) is 0 Å². The van der Waals surface area contributed by atoms with Crippen LogP contribution in [-0.4, -0.2) is 45.3 Å². The van der Waals surface area contributed by atoms with Crippen LogP contribution in [-0.2, 0) is 16.2 Å². The van der Waals surface area contributed by atoms with Gasteiger partial charge in [-0.3, -0.25) is 19.8 Å². The number of carbonyl (C=O) groups is 3. The molecule has 0 bridgehead atoms. The molecule has 1 aliphatic rings. The van der Waals surface area contributed by atoms with Crippen LogP contribution in [0.25, 0.3) is 10.9 Å². The lowest BCUT2D eigenvalue weighted by atomic mass is 9.94. The van der Waals surface area contributed by atoms with Crippen LogP contribution in [0.15, 0.2) is 54.6 Å². The van der Waals surface area contributed by atoms with E-state index in [1.807, 2.05) is 37.3 Å². The average Bonchev–Trinajstić information content (AvgIpc) is 3.46. The van der Waals surface area contributed by atoms with Gasteiger partial charge in [-0.25, -0.2) is 10.3 Å². The standard InChI is InChI=1S/C26H29N3O4.C2HF3O2/c1-17-14-20(22-8-4-5-9-23(22)27-17)16-33-21-12-10-19(11-13-21)26(31)28-24(15-25(30)29-32)18-6-2-3-7-18;3-2(4,5)1(6)7/h4-5,8-14,18,24,32H,2-3,6-7,15-16H2,1H3,(H,28,31)(H,29,30);(H,6,7). The number of aryl methyl sites for hydroxylation is 1. The Labute approximate surface area is 228 Å². The summed E-state index contributed by atoms with van der Waals surface area (Å²) in [7, 11) is 0. The second kappa shape index (κ2) is 13.7. The minimum atomic E-state index is -5.08. The largest absolute Gasteiger partial charge is 0.490 e. The number of hydrogen-bond acceptors (Lipinski definition) is 6. The Morgan fingerprint density at radius 3 is 2.30 bits per heavy atom. The number of carboxylic acid groups (broad SMARTS) is 1. The molecule has 1 fully saturated rings. The molecule has 1 aliphatic carbocycles. The van der Waals surface area contributed by atoms with E-state index in [0.29, 0.717) is 17.9 Å². The number of nitrogens with zero attached hydrogens (tertiary/aromatic N) is 1. The number of aliphatic carboxylic acids is 1. The van der Waals surface area contributed by atoms with E-state index < -0.39 is 18.1 Å². The number of nitrogens with one attached hydrogen (secondary N) is 2. The fourth-order valence-corrected chi connectivity index (χ4v) is 4.57. The van der Waals surface area contributed by atoms with Crippen LogP contribution < -0.4 is 15.5 Å². The Hall–Kier alpha value is -4.19. The summed E-state index contributed by atoms with van der Waals surface area (Å²) in [5, 5.41) is 20.1. The first-order valence-electron chi connectivity index (χ1n) is 12.6. The van der Waals surface area contributed by atoms with Crippen LogP contribution in [0.2, 0.25) is 0 Å². The molecule has 4 N–H and O–H groups in total. The molecule has 40 heavy (non-hydrogen) atoms. The molecule has 1 atom stereocenters. The van der Waals surface area contributed by atoms with Gasteiger partial charge in [-0.05, 0) is 62.1 Å². The third kappa shape index (κ3) is 8.67. The molecule has 0 saturated heterocycles. The molecule has 1 saturated carbocycles. The molecule has 1 unspecified atom stereocenters. The highest BCUT2D eigenvalue weighted by Gasteiger charge is 2.38. The van der Waals surface area contributed by atoms with Crippen molar-refractivity contribution in [2.24, 2.45) is 5.92 Å². The van der Waals surface area contributed by atoms with Crippen LogP contribution in [0.1, 0.15) is 53.7 Å². The van der Waals surface area contributed by atoms with Gasteiger partial charge in [0.15, 0.2) is 0 Å². The van der Waals surface area contributed by atoms with Crippen molar-refractivity contribution in [2.75, 3.05) is 0 Å². The molecule has 0 aliphatic heterocycles. The summed E-state index contributed by atoms with van der Waals surface area (Å²) in [6, 6.07) is 16.7. The van der Waals surface area contributed by atoms with E-state index in [4.69, 9.17) is 19.8 Å². The smallest absolute Gasteiger partial charge is 0.489 e. The predicted molar refractivity (Wildman–Crippen MR) is 139 cm³/mol. The van der Waals surface area contributed by atoms with Gasteiger partial charge in [-0.2, -0.15) is 13.2 Å². The Morgan fingerprint density at radius 1 is 1.07 bits per heavy atom. The van der Waals surface area contributed by atoms with Crippen LogP contribution in [0, 0.1) is 12.8 Å². The first kappa shape index (κ1) is 30.4. The van der Waals surface area contributed by atoms with E-state index >= 15 is 0 Å². The summed E-state index contributed by atoms with van der Waals surface area (Å²) >= 11 is 0. The quantitative estimate of drug-likeness (QED) is 0.226.